The SMILES string of the molecule is O=C(CCCN1CCCCC1)NCC1=CCCCC1. The Balaban J connectivity index is 1.52. The lowest BCUT2D eigenvalue weighted by atomic mass is 10.00. The zero-order chi connectivity index (χ0) is 13.3. The Kier molecular flexibility index (Phi) is 6.42. The maximum atomic E-state index is 11.8. The molecule has 1 aliphatic carbocycles. The van der Waals surface area contributed by atoms with E-state index in [2.05, 4.69) is 16.3 Å². The van der Waals surface area contributed by atoms with Gasteiger partial charge in [0.1, 0.15) is 0 Å². The smallest absolute Gasteiger partial charge is 0.220 e. The van der Waals surface area contributed by atoms with Gasteiger partial charge in [0, 0.05) is 13.0 Å². The van der Waals surface area contributed by atoms with Crippen molar-refractivity contribution in [2.45, 2.75) is 57.8 Å². The predicted molar refractivity (Wildman–Crippen MR) is 79.1 cm³/mol. The Morgan fingerprint density at radius 3 is 2.74 bits per heavy atom. The molecule has 0 spiro atoms. The third-order valence-corrected chi connectivity index (χ3v) is 4.22. The minimum Gasteiger partial charge on any atom is -0.352 e. The molecule has 108 valence electrons. The van der Waals surface area contributed by atoms with Gasteiger partial charge in [0.05, 0.1) is 0 Å². The van der Waals surface area contributed by atoms with E-state index in [9.17, 15) is 4.79 Å². The van der Waals surface area contributed by atoms with Crippen molar-refractivity contribution in [1.82, 2.24) is 10.2 Å². The summed E-state index contributed by atoms with van der Waals surface area (Å²) in [6.07, 6.45) is 13.0. The Bertz CT molecular complexity index is 306. The number of piperidine rings is 1. The molecule has 0 aromatic carbocycles. The Labute approximate surface area is 117 Å². The number of carbonyl (C=O) groups is 1. The third-order valence-electron chi connectivity index (χ3n) is 4.22. The van der Waals surface area contributed by atoms with Crippen LogP contribution in [-0.2, 0) is 4.79 Å². The van der Waals surface area contributed by atoms with Crippen LogP contribution in [0, 0.1) is 0 Å². The summed E-state index contributed by atoms with van der Waals surface area (Å²) in [7, 11) is 0. The van der Waals surface area contributed by atoms with E-state index in [1.807, 2.05) is 0 Å². The molecule has 0 radical (unpaired) electrons. The van der Waals surface area contributed by atoms with Gasteiger partial charge in [-0.2, -0.15) is 0 Å². The highest BCUT2D eigenvalue weighted by Crippen LogP contribution is 2.16. The van der Waals surface area contributed by atoms with Gasteiger partial charge in [0.15, 0.2) is 0 Å². The molecule has 1 amide bonds. The van der Waals surface area contributed by atoms with Crippen LogP contribution in [0.1, 0.15) is 57.8 Å². The fourth-order valence-electron chi connectivity index (χ4n) is 3.01. The second-order valence-electron chi connectivity index (χ2n) is 5.89. The van der Waals surface area contributed by atoms with E-state index >= 15 is 0 Å². The number of likely N-dealkylation sites (tertiary alicyclic amines) is 1. The van der Waals surface area contributed by atoms with Crippen LogP contribution in [-0.4, -0.2) is 37.0 Å². The van der Waals surface area contributed by atoms with Gasteiger partial charge in [0.2, 0.25) is 5.91 Å². The van der Waals surface area contributed by atoms with Crippen LogP contribution in [0.3, 0.4) is 0 Å². The number of carbonyl (C=O) groups excluding carboxylic acids is 1. The average Bonchev–Trinajstić information content (AvgIpc) is 2.47. The van der Waals surface area contributed by atoms with Crippen LogP contribution < -0.4 is 5.32 Å². The first kappa shape index (κ1) is 14.6. The third kappa shape index (κ3) is 5.77. The van der Waals surface area contributed by atoms with Crippen molar-refractivity contribution in [2.24, 2.45) is 0 Å². The van der Waals surface area contributed by atoms with Gasteiger partial charge in [-0.3, -0.25) is 4.79 Å². The monoisotopic (exact) mass is 264 g/mol. The molecular formula is C16H28N2O. The van der Waals surface area contributed by atoms with Crippen LogP contribution in [0.2, 0.25) is 0 Å². The van der Waals surface area contributed by atoms with Gasteiger partial charge in [-0.1, -0.05) is 18.1 Å². The molecule has 1 heterocycles. The van der Waals surface area contributed by atoms with Crippen LogP contribution in [0.4, 0.5) is 0 Å². The number of hydrogen-bond acceptors (Lipinski definition) is 2. The summed E-state index contributed by atoms with van der Waals surface area (Å²) >= 11 is 0. The van der Waals surface area contributed by atoms with E-state index in [1.165, 1.54) is 63.6 Å². The van der Waals surface area contributed by atoms with Crippen LogP contribution in [0.15, 0.2) is 11.6 Å². The molecule has 2 rings (SSSR count). The van der Waals surface area contributed by atoms with Crippen molar-refractivity contribution in [1.29, 1.82) is 0 Å². The molecule has 0 aromatic heterocycles. The molecule has 0 saturated carbocycles. The second-order valence-corrected chi connectivity index (χ2v) is 5.89. The molecule has 1 fully saturated rings. The summed E-state index contributed by atoms with van der Waals surface area (Å²) < 4.78 is 0. The van der Waals surface area contributed by atoms with Gasteiger partial charge < -0.3 is 10.2 Å². The normalized spacial score (nSPS) is 20.9. The van der Waals surface area contributed by atoms with Crippen molar-refractivity contribution in [2.75, 3.05) is 26.2 Å². The lowest BCUT2D eigenvalue weighted by Gasteiger charge is -2.26. The number of amides is 1. The van der Waals surface area contributed by atoms with E-state index in [0.29, 0.717) is 6.42 Å². The van der Waals surface area contributed by atoms with Gasteiger partial charge in [-0.25, -0.2) is 0 Å². The summed E-state index contributed by atoms with van der Waals surface area (Å²) in [5, 5.41) is 3.06. The Morgan fingerprint density at radius 2 is 2.00 bits per heavy atom. The first-order valence-corrected chi connectivity index (χ1v) is 8.01. The summed E-state index contributed by atoms with van der Waals surface area (Å²) in [6.45, 7) is 4.33. The number of nitrogens with zero attached hydrogens (tertiary/aromatic N) is 1. The summed E-state index contributed by atoms with van der Waals surface area (Å²) in [5.74, 6) is 0.225. The number of rotatable bonds is 6. The molecule has 0 atom stereocenters. The molecule has 1 aliphatic heterocycles. The highest BCUT2D eigenvalue weighted by molar-refractivity contribution is 5.76. The quantitative estimate of drug-likeness (QED) is 0.748. The number of hydrogen-bond donors (Lipinski definition) is 1. The predicted octanol–water partition coefficient (Wildman–Crippen LogP) is 2.87. The van der Waals surface area contributed by atoms with Gasteiger partial charge in [-0.15, -0.1) is 0 Å². The molecule has 0 aromatic rings. The topological polar surface area (TPSA) is 32.3 Å². The largest absolute Gasteiger partial charge is 0.352 e. The van der Waals surface area contributed by atoms with Crippen molar-refractivity contribution in [3.63, 3.8) is 0 Å². The molecule has 1 N–H and O–H groups in total. The zero-order valence-corrected chi connectivity index (χ0v) is 12.1. The molecular weight excluding hydrogens is 236 g/mol. The van der Waals surface area contributed by atoms with E-state index < -0.39 is 0 Å². The van der Waals surface area contributed by atoms with Crippen molar-refractivity contribution < 1.29 is 4.79 Å². The van der Waals surface area contributed by atoms with Crippen molar-refractivity contribution in [3.8, 4) is 0 Å². The maximum absolute atomic E-state index is 11.8. The van der Waals surface area contributed by atoms with E-state index in [4.69, 9.17) is 0 Å². The highest BCUT2D eigenvalue weighted by atomic mass is 16.1. The zero-order valence-electron chi connectivity index (χ0n) is 12.1. The van der Waals surface area contributed by atoms with Gasteiger partial charge in [-0.05, 0) is 64.6 Å². The van der Waals surface area contributed by atoms with Crippen molar-refractivity contribution >= 4 is 5.91 Å². The first-order valence-electron chi connectivity index (χ1n) is 8.01. The van der Waals surface area contributed by atoms with Crippen LogP contribution in [0.5, 0.6) is 0 Å². The van der Waals surface area contributed by atoms with Crippen LogP contribution in [0.25, 0.3) is 0 Å². The summed E-state index contributed by atoms with van der Waals surface area (Å²) in [5.41, 5.74) is 1.43. The molecule has 1 saturated heterocycles. The standard InChI is InChI=1S/C16H28N2O/c19-16(17-14-15-8-3-1-4-9-15)10-7-13-18-11-5-2-6-12-18/h8H,1-7,9-14H2,(H,17,19). The molecule has 0 bridgehead atoms. The molecule has 3 nitrogen and oxygen atoms in total. The lowest BCUT2D eigenvalue weighted by Crippen LogP contribution is -2.32. The fraction of sp³-hybridized carbons (Fsp3) is 0.812. The van der Waals surface area contributed by atoms with Crippen molar-refractivity contribution in [3.05, 3.63) is 11.6 Å². The molecule has 3 heteroatoms. The van der Waals surface area contributed by atoms with E-state index in [0.717, 1.165) is 19.5 Å². The Hall–Kier alpha value is -0.830. The van der Waals surface area contributed by atoms with E-state index in [-0.39, 0.29) is 5.91 Å². The first-order chi connectivity index (χ1) is 9.34. The van der Waals surface area contributed by atoms with Gasteiger partial charge >= 0.3 is 0 Å². The van der Waals surface area contributed by atoms with Crippen LogP contribution >= 0.6 is 0 Å². The summed E-state index contributed by atoms with van der Waals surface area (Å²) in [4.78, 5) is 14.3. The Morgan fingerprint density at radius 1 is 1.16 bits per heavy atom. The summed E-state index contributed by atoms with van der Waals surface area (Å²) in [6, 6.07) is 0. The van der Waals surface area contributed by atoms with E-state index in [1.54, 1.807) is 0 Å². The fourth-order valence-corrected chi connectivity index (χ4v) is 3.01. The van der Waals surface area contributed by atoms with Gasteiger partial charge in [0.25, 0.3) is 0 Å². The minimum absolute atomic E-state index is 0.225. The average molecular weight is 264 g/mol. The molecule has 0 unspecified atom stereocenters. The maximum Gasteiger partial charge on any atom is 0.220 e. The minimum atomic E-state index is 0.225. The lowest BCUT2D eigenvalue weighted by molar-refractivity contribution is -0.121. The highest BCUT2D eigenvalue weighted by Gasteiger charge is 2.10. The molecule has 19 heavy (non-hydrogen) atoms. The number of nitrogens with one attached hydrogen (secondary N) is 1. The second kappa shape index (κ2) is 8.36. The number of allylic oxidation sites excluding steroid dienone is 1. The molecule has 2 aliphatic rings.